The molecule has 0 bridgehead atoms. The van der Waals surface area contributed by atoms with Gasteiger partial charge in [0.2, 0.25) is 0 Å². The Morgan fingerprint density at radius 1 is 1.06 bits per heavy atom. The molecule has 0 heterocycles. The maximum atomic E-state index is 5.66. The summed E-state index contributed by atoms with van der Waals surface area (Å²) >= 11 is 0. The fourth-order valence-corrected chi connectivity index (χ4v) is 2.27. The highest BCUT2D eigenvalue weighted by Gasteiger charge is 2.15. The lowest BCUT2D eigenvalue weighted by Crippen LogP contribution is -2.37. The lowest BCUT2D eigenvalue weighted by atomic mass is 9.88. The summed E-state index contributed by atoms with van der Waals surface area (Å²) in [4.78, 5) is 0. The number of unbranched alkanes of at least 4 members (excludes halogenated alkanes) is 1. The Hall–Kier alpha value is -0.0800. The SMILES string of the molecule is CCCCC(CC)CC(CC(C)CC)NN. The van der Waals surface area contributed by atoms with Gasteiger partial charge in [-0.2, -0.15) is 0 Å². The molecule has 0 aromatic heterocycles. The van der Waals surface area contributed by atoms with Crippen molar-refractivity contribution >= 4 is 0 Å². The van der Waals surface area contributed by atoms with Crippen LogP contribution in [0.25, 0.3) is 0 Å². The van der Waals surface area contributed by atoms with Gasteiger partial charge < -0.3 is 0 Å². The topological polar surface area (TPSA) is 38.0 Å². The van der Waals surface area contributed by atoms with Crippen molar-refractivity contribution in [3.05, 3.63) is 0 Å². The number of nitrogens with two attached hydrogens (primary N) is 1. The van der Waals surface area contributed by atoms with Gasteiger partial charge in [0.25, 0.3) is 0 Å². The number of hydrogen-bond donors (Lipinski definition) is 2. The van der Waals surface area contributed by atoms with Crippen LogP contribution in [0.4, 0.5) is 0 Å². The van der Waals surface area contributed by atoms with Crippen LogP contribution in [0.1, 0.15) is 72.6 Å². The zero-order chi connectivity index (χ0) is 12.4. The van der Waals surface area contributed by atoms with Crippen LogP contribution in [0.5, 0.6) is 0 Å². The molecule has 16 heavy (non-hydrogen) atoms. The molecule has 3 N–H and O–H groups in total. The summed E-state index contributed by atoms with van der Waals surface area (Å²) in [5, 5.41) is 0. The van der Waals surface area contributed by atoms with E-state index in [9.17, 15) is 0 Å². The number of hydrazine groups is 1. The molecule has 0 aliphatic carbocycles. The predicted molar refractivity (Wildman–Crippen MR) is 73.1 cm³/mol. The quantitative estimate of drug-likeness (QED) is 0.440. The maximum Gasteiger partial charge on any atom is 0.0215 e. The van der Waals surface area contributed by atoms with E-state index in [1.807, 2.05) is 0 Å². The third kappa shape index (κ3) is 7.24. The van der Waals surface area contributed by atoms with Crippen molar-refractivity contribution in [2.45, 2.75) is 78.7 Å². The minimum atomic E-state index is 0.511. The van der Waals surface area contributed by atoms with E-state index in [0.717, 1.165) is 11.8 Å². The third-order valence-corrected chi connectivity index (χ3v) is 3.78. The van der Waals surface area contributed by atoms with E-state index in [1.54, 1.807) is 0 Å². The summed E-state index contributed by atoms with van der Waals surface area (Å²) in [6.07, 6.45) is 9.04. The summed E-state index contributed by atoms with van der Waals surface area (Å²) in [6.45, 7) is 9.14. The van der Waals surface area contributed by atoms with Crippen molar-refractivity contribution in [3.8, 4) is 0 Å². The second kappa shape index (κ2) is 10.1. The molecule has 3 atom stereocenters. The van der Waals surface area contributed by atoms with E-state index in [0.29, 0.717) is 6.04 Å². The number of nitrogens with one attached hydrogen (secondary N) is 1. The standard InChI is InChI=1S/C14H32N2/c1-5-8-9-13(7-3)11-14(16-15)10-12(4)6-2/h12-14,16H,5-11,15H2,1-4H3. The van der Waals surface area contributed by atoms with Crippen molar-refractivity contribution in [3.63, 3.8) is 0 Å². The lowest BCUT2D eigenvalue weighted by Gasteiger charge is -2.24. The average molecular weight is 228 g/mol. The molecular weight excluding hydrogens is 196 g/mol. The molecule has 0 rings (SSSR count). The fraction of sp³-hybridized carbons (Fsp3) is 1.00. The van der Waals surface area contributed by atoms with Crippen LogP contribution in [-0.4, -0.2) is 6.04 Å². The molecule has 0 radical (unpaired) electrons. The van der Waals surface area contributed by atoms with Crippen LogP contribution >= 0.6 is 0 Å². The second-order valence-corrected chi connectivity index (χ2v) is 5.26. The highest BCUT2D eigenvalue weighted by molar-refractivity contribution is 4.71. The first-order valence-electron chi connectivity index (χ1n) is 7.13. The molecule has 2 nitrogen and oxygen atoms in total. The van der Waals surface area contributed by atoms with E-state index < -0.39 is 0 Å². The molecule has 0 amide bonds. The Morgan fingerprint density at radius 2 is 1.75 bits per heavy atom. The van der Waals surface area contributed by atoms with Gasteiger partial charge in [0.05, 0.1) is 0 Å². The van der Waals surface area contributed by atoms with Gasteiger partial charge in [0, 0.05) is 6.04 Å². The monoisotopic (exact) mass is 228 g/mol. The van der Waals surface area contributed by atoms with Gasteiger partial charge in [-0.15, -0.1) is 0 Å². The number of rotatable bonds is 10. The van der Waals surface area contributed by atoms with Crippen LogP contribution in [0.15, 0.2) is 0 Å². The minimum absolute atomic E-state index is 0.511. The molecular formula is C14H32N2. The van der Waals surface area contributed by atoms with Crippen molar-refractivity contribution in [1.29, 1.82) is 0 Å². The van der Waals surface area contributed by atoms with Gasteiger partial charge >= 0.3 is 0 Å². The zero-order valence-corrected chi connectivity index (χ0v) is 11.8. The normalized spacial score (nSPS) is 17.1. The van der Waals surface area contributed by atoms with E-state index in [4.69, 9.17) is 5.84 Å². The largest absolute Gasteiger partial charge is 0.271 e. The van der Waals surface area contributed by atoms with Crippen LogP contribution < -0.4 is 11.3 Å². The minimum Gasteiger partial charge on any atom is -0.271 e. The maximum absolute atomic E-state index is 5.66. The van der Waals surface area contributed by atoms with E-state index in [1.165, 1.54) is 44.9 Å². The lowest BCUT2D eigenvalue weighted by molar-refractivity contribution is 0.309. The fourth-order valence-electron chi connectivity index (χ4n) is 2.27. The molecule has 0 aliphatic heterocycles. The van der Waals surface area contributed by atoms with Crippen molar-refractivity contribution in [1.82, 2.24) is 5.43 Å². The van der Waals surface area contributed by atoms with Crippen LogP contribution in [0.2, 0.25) is 0 Å². The molecule has 2 heteroatoms. The Balaban J connectivity index is 3.95. The molecule has 0 aliphatic rings. The van der Waals surface area contributed by atoms with E-state index in [-0.39, 0.29) is 0 Å². The first-order valence-corrected chi connectivity index (χ1v) is 7.13. The number of hydrogen-bond acceptors (Lipinski definition) is 2. The van der Waals surface area contributed by atoms with Crippen LogP contribution in [-0.2, 0) is 0 Å². The first kappa shape index (κ1) is 15.9. The van der Waals surface area contributed by atoms with Crippen LogP contribution in [0.3, 0.4) is 0 Å². The van der Waals surface area contributed by atoms with Gasteiger partial charge in [-0.1, -0.05) is 59.8 Å². The highest BCUT2D eigenvalue weighted by atomic mass is 15.2. The van der Waals surface area contributed by atoms with E-state index >= 15 is 0 Å². The van der Waals surface area contributed by atoms with Crippen molar-refractivity contribution in [2.75, 3.05) is 0 Å². The second-order valence-electron chi connectivity index (χ2n) is 5.26. The molecule has 0 aromatic rings. The van der Waals surface area contributed by atoms with Crippen molar-refractivity contribution < 1.29 is 0 Å². The first-order chi connectivity index (χ1) is 7.67. The van der Waals surface area contributed by atoms with Gasteiger partial charge in [0.15, 0.2) is 0 Å². The molecule has 98 valence electrons. The summed E-state index contributed by atoms with van der Waals surface area (Å²) in [6, 6.07) is 0.511. The Labute approximate surface area is 102 Å². The third-order valence-electron chi connectivity index (χ3n) is 3.78. The summed E-state index contributed by atoms with van der Waals surface area (Å²) in [5.74, 6) is 7.29. The molecule has 0 saturated carbocycles. The Bertz CT molecular complexity index is 148. The molecule has 3 unspecified atom stereocenters. The Morgan fingerprint density at radius 3 is 2.19 bits per heavy atom. The van der Waals surface area contributed by atoms with Gasteiger partial charge in [0.1, 0.15) is 0 Å². The summed E-state index contributed by atoms with van der Waals surface area (Å²) in [5.41, 5.74) is 3.01. The molecule has 0 saturated heterocycles. The van der Waals surface area contributed by atoms with Gasteiger partial charge in [-0.3, -0.25) is 11.3 Å². The van der Waals surface area contributed by atoms with Crippen molar-refractivity contribution in [2.24, 2.45) is 17.7 Å². The van der Waals surface area contributed by atoms with Crippen LogP contribution in [0, 0.1) is 11.8 Å². The summed E-state index contributed by atoms with van der Waals surface area (Å²) < 4.78 is 0. The van der Waals surface area contributed by atoms with Gasteiger partial charge in [-0.25, -0.2) is 0 Å². The molecule has 0 aromatic carbocycles. The predicted octanol–water partition coefficient (Wildman–Crippen LogP) is 3.86. The molecule has 0 fully saturated rings. The smallest absolute Gasteiger partial charge is 0.0215 e. The summed E-state index contributed by atoms with van der Waals surface area (Å²) in [7, 11) is 0. The zero-order valence-electron chi connectivity index (χ0n) is 11.8. The van der Waals surface area contributed by atoms with Gasteiger partial charge in [-0.05, 0) is 24.7 Å². The Kier molecular flexibility index (Phi) is 10.0. The average Bonchev–Trinajstić information content (AvgIpc) is 2.32. The molecule has 0 spiro atoms. The van der Waals surface area contributed by atoms with E-state index in [2.05, 4.69) is 33.1 Å². The highest BCUT2D eigenvalue weighted by Crippen LogP contribution is 2.22.